The van der Waals surface area contributed by atoms with Crippen LogP contribution in [0.4, 0.5) is 10.5 Å². The Kier molecular flexibility index (Phi) is 7.68. The number of amides is 2. The first-order valence-electron chi connectivity index (χ1n) is 10.2. The van der Waals surface area contributed by atoms with Crippen LogP contribution in [0.1, 0.15) is 45.7 Å². The SMILES string of the molecule is Cc1cc(OCc2ccccc2)ccc1NC(=O)[C@@H](NC(=O)OC(C)(C)C)C(C)(C)O. The summed E-state index contributed by atoms with van der Waals surface area (Å²) in [7, 11) is 0. The van der Waals surface area contributed by atoms with Crippen LogP contribution in [-0.2, 0) is 16.1 Å². The van der Waals surface area contributed by atoms with E-state index in [0.717, 1.165) is 11.1 Å². The van der Waals surface area contributed by atoms with E-state index in [4.69, 9.17) is 9.47 Å². The van der Waals surface area contributed by atoms with Gasteiger partial charge in [0, 0.05) is 5.69 Å². The molecule has 2 aromatic rings. The van der Waals surface area contributed by atoms with E-state index < -0.39 is 29.2 Å². The van der Waals surface area contributed by atoms with E-state index in [9.17, 15) is 14.7 Å². The zero-order valence-corrected chi connectivity index (χ0v) is 19.0. The molecule has 1 atom stereocenters. The molecule has 0 aliphatic rings. The van der Waals surface area contributed by atoms with Crippen molar-refractivity contribution in [2.24, 2.45) is 0 Å². The second-order valence-corrected chi connectivity index (χ2v) is 8.97. The molecule has 168 valence electrons. The van der Waals surface area contributed by atoms with Gasteiger partial charge in [-0.2, -0.15) is 0 Å². The predicted octanol–water partition coefficient (Wildman–Crippen LogP) is 4.18. The number of carbonyl (C=O) groups is 2. The van der Waals surface area contributed by atoms with Crippen molar-refractivity contribution in [1.29, 1.82) is 0 Å². The lowest BCUT2D eigenvalue weighted by Gasteiger charge is -2.30. The van der Waals surface area contributed by atoms with Crippen LogP contribution in [0.25, 0.3) is 0 Å². The summed E-state index contributed by atoms with van der Waals surface area (Å²) < 4.78 is 11.0. The maximum atomic E-state index is 12.8. The van der Waals surface area contributed by atoms with E-state index in [2.05, 4.69) is 10.6 Å². The normalized spacial score (nSPS) is 12.6. The number of aryl methyl sites for hydroxylation is 1. The first kappa shape index (κ1) is 24.2. The van der Waals surface area contributed by atoms with Crippen LogP contribution in [0.2, 0.25) is 0 Å². The summed E-state index contributed by atoms with van der Waals surface area (Å²) in [6.07, 6.45) is -0.781. The number of rotatable bonds is 7. The van der Waals surface area contributed by atoms with Gasteiger partial charge in [0.05, 0.1) is 5.60 Å². The number of benzene rings is 2. The molecule has 3 N–H and O–H groups in total. The lowest BCUT2D eigenvalue weighted by Crippen LogP contribution is -2.56. The monoisotopic (exact) mass is 428 g/mol. The van der Waals surface area contributed by atoms with Crippen LogP contribution >= 0.6 is 0 Å². The second-order valence-electron chi connectivity index (χ2n) is 8.97. The predicted molar refractivity (Wildman–Crippen MR) is 120 cm³/mol. The van der Waals surface area contributed by atoms with Crippen molar-refractivity contribution in [3.63, 3.8) is 0 Å². The minimum atomic E-state index is -1.51. The fraction of sp³-hybridized carbons (Fsp3) is 0.417. The third kappa shape index (κ3) is 7.94. The Bertz CT molecular complexity index is 898. The molecule has 2 amide bonds. The topological polar surface area (TPSA) is 96.9 Å². The van der Waals surface area contributed by atoms with Crippen LogP contribution in [0.15, 0.2) is 48.5 Å². The Morgan fingerprint density at radius 3 is 2.23 bits per heavy atom. The van der Waals surface area contributed by atoms with E-state index in [1.807, 2.05) is 43.3 Å². The summed E-state index contributed by atoms with van der Waals surface area (Å²) in [5.74, 6) is 0.115. The van der Waals surface area contributed by atoms with E-state index in [1.165, 1.54) is 13.8 Å². The Morgan fingerprint density at radius 2 is 1.68 bits per heavy atom. The second kappa shape index (κ2) is 9.83. The molecule has 31 heavy (non-hydrogen) atoms. The summed E-state index contributed by atoms with van der Waals surface area (Å²) in [4.78, 5) is 25.0. The smallest absolute Gasteiger partial charge is 0.408 e. The van der Waals surface area contributed by atoms with Gasteiger partial charge in [-0.05, 0) is 70.9 Å². The molecule has 0 radical (unpaired) electrons. The first-order valence-corrected chi connectivity index (χ1v) is 10.2. The Labute approximate surface area is 183 Å². The lowest BCUT2D eigenvalue weighted by molar-refractivity contribution is -0.123. The van der Waals surface area contributed by atoms with Gasteiger partial charge in [-0.15, -0.1) is 0 Å². The molecule has 0 saturated heterocycles. The maximum absolute atomic E-state index is 12.8. The van der Waals surface area contributed by atoms with Crippen molar-refractivity contribution < 1.29 is 24.2 Å². The molecule has 2 rings (SSSR count). The first-order chi connectivity index (χ1) is 14.3. The molecule has 7 nitrogen and oxygen atoms in total. The minimum absolute atomic E-state index is 0.437. The third-order valence-electron chi connectivity index (χ3n) is 4.33. The van der Waals surface area contributed by atoms with Gasteiger partial charge in [0.15, 0.2) is 0 Å². The van der Waals surface area contributed by atoms with Gasteiger partial charge in [-0.3, -0.25) is 4.79 Å². The molecule has 0 unspecified atom stereocenters. The molecular formula is C24H32N2O5. The van der Waals surface area contributed by atoms with E-state index >= 15 is 0 Å². The van der Waals surface area contributed by atoms with Gasteiger partial charge in [0.2, 0.25) is 5.91 Å². The van der Waals surface area contributed by atoms with Crippen molar-refractivity contribution in [1.82, 2.24) is 5.32 Å². The zero-order chi connectivity index (χ0) is 23.2. The summed E-state index contributed by atoms with van der Waals surface area (Å²) >= 11 is 0. The van der Waals surface area contributed by atoms with Crippen molar-refractivity contribution in [3.8, 4) is 5.75 Å². The number of hydrogen-bond donors (Lipinski definition) is 3. The zero-order valence-electron chi connectivity index (χ0n) is 19.0. The molecule has 0 aliphatic carbocycles. The van der Waals surface area contributed by atoms with E-state index in [-0.39, 0.29) is 0 Å². The summed E-state index contributed by atoms with van der Waals surface area (Å²) in [5, 5.41) is 15.6. The van der Waals surface area contributed by atoms with Gasteiger partial charge >= 0.3 is 6.09 Å². The Morgan fingerprint density at radius 1 is 1.03 bits per heavy atom. The number of nitrogens with one attached hydrogen (secondary N) is 2. The van der Waals surface area contributed by atoms with Crippen molar-refractivity contribution in [2.45, 2.75) is 65.4 Å². The van der Waals surface area contributed by atoms with Gasteiger partial charge in [0.25, 0.3) is 0 Å². The third-order valence-corrected chi connectivity index (χ3v) is 4.33. The highest BCUT2D eigenvalue weighted by Crippen LogP contribution is 2.23. The molecule has 2 aromatic carbocycles. The van der Waals surface area contributed by atoms with E-state index in [1.54, 1.807) is 32.9 Å². The highest BCUT2D eigenvalue weighted by Gasteiger charge is 2.36. The summed E-state index contributed by atoms with van der Waals surface area (Å²) in [6, 6.07) is 13.9. The van der Waals surface area contributed by atoms with Crippen molar-refractivity contribution in [2.75, 3.05) is 5.32 Å². The highest BCUT2D eigenvalue weighted by molar-refractivity contribution is 5.98. The van der Waals surface area contributed by atoms with Crippen molar-refractivity contribution >= 4 is 17.7 Å². The highest BCUT2D eigenvalue weighted by atomic mass is 16.6. The fourth-order valence-electron chi connectivity index (χ4n) is 2.80. The molecule has 0 aromatic heterocycles. The summed E-state index contributed by atoms with van der Waals surface area (Å²) in [6.45, 7) is 10.3. The van der Waals surface area contributed by atoms with Crippen LogP contribution in [-0.4, -0.2) is 34.4 Å². The van der Waals surface area contributed by atoms with Crippen LogP contribution < -0.4 is 15.4 Å². The standard InChI is InChI=1S/C24H32N2O5/c1-16-14-18(30-15-17-10-8-7-9-11-17)12-13-19(16)25-21(27)20(24(5,6)29)26-22(28)31-23(2,3)4/h7-14,20,29H,15H2,1-6H3,(H,25,27)(H,26,28)/t20-/m1/s1. The molecule has 0 fully saturated rings. The molecule has 7 heteroatoms. The number of ether oxygens (including phenoxy) is 2. The molecule has 0 spiro atoms. The average Bonchev–Trinajstić information content (AvgIpc) is 2.65. The van der Waals surface area contributed by atoms with Crippen LogP contribution in [0, 0.1) is 6.92 Å². The number of hydrogen-bond acceptors (Lipinski definition) is 5. The Hall–Kier alpha value is -3.06. The van der Waals surface area contributed by atoms with Crippen molar-refractivity contribution in [3.05, 3.63) is 59.7 Å². The number of carbonyl (C=O) groups excluding carboxylic acids is 2. The lowest BCUT2D eigenvalue weighted by atomic mass is 9.98. The largest absolute Gasteiger partial charge is 0.489 e. The van der Waals surface area contributed by atoms with Crippen LogP contribution in [0.3, 0.4) is 0 Å². The van der Waals surface area contributed by atoms with Crippen LogP contribution in [0.5, 0.6) is 5.75 Å². The molecule has 0 heterocycles. The maximum Gasteiger partial charge on any atom is 0.408 e. The Balaban J connectivity index is 2.06. The molecular weight excluding hydrogens is 396 g/mol. The van der Waals surface area contributed by atoms with E-state index in [0.29, 0.717) is 18.0 Å². The number of anilines is 1. The molecule has 0 saturated carbocycles. The van der Waals surface area contributed by atoms with Gasteiger partial charge in [-0.25, -0.2) is 4.79 Å². The van der Waals surface area contributed by atoms with Gasteiger partial charge in [0.1, 0.15) is 24.0 Å². The van der Waals surface area contributed by atoms with Gasteiger partial charge < -0.3 is 25.2 Å². The quantitative estimate of drug-likeness (QED) is 0.615. The summed E-state index contributed by atoms with van der Waals surface area (Å²) in [5.41, 5.74) is 0.159. The van der Waals surface area contributed by atoms with Gasteiger partial charge in [-0.1, -0.05) is 30.3 Å². The molecule has 0 bridgehead atoms. The fourth-order valence-corrected chi connectivity index (χ4v) is 2.80. The number of alkyl carbamates (subject to hydrolysis) is 1. The number of aliphatic hydroxyl groups is 1. The average molecular weight is 429 g/mol. The molecule has 0 aliphatic heterocycles. The minimum Gasteiger partial charge on any atom is -0.489 e.